The summed E-state index contributed by atoms with van der Waals surface area (Å²) >= 11 is 5.79. The summed E-state index contributed by atoms with van der Waals surface area (Å²) in [7, 11) is 0. The van der Waals surface area contributed by atoms with Crippen molar-refractivity contribution in [2.75, 3.05) is 0 Å². The van der Waals surface area contributed by atoms with Gasteiger partial charge in [-0.25, -0.2) is 0 Å². The van der Waals surface area contributed by atoms with Gasteiger partial charge in [0.1, 0.15) is 6.42 Å². The number of rotatable bonds is 7. The molecule has 0 aromatic heterocycles. The normalized spacial score (nSPS) is 13.5. The first-order valence-electron chi connectivity index (χ1n) is 6.95. The minimum atomic E-state index is -1.21. The molecule has 0 radical (unpaired) electrons. The number of halogens is 1. The monoisotopic (exact) mass is 325 g/mol. The highest BCUT2D eigenvalue weighted by atomic mass is 35.5. The SMILES string of the molecule is CC(C)C(C)(NC(=O)Cc1ccc(Cl)cc1)C(=O)CC(=O)O. The highest BCUT2D eigenvalue weighted by molar-refractivity contribution is 6.30. The van der Waals surface area contributed by atoms with Crippen LogP contribution in [-0.2, 0) is 20.8 Å². The summed E-state index contributed by atoms with van der Waals surface area (Å²) in [6.45, 7) is 5.09. The van der Waals surface area contributed by atoms with E-state index in [1.165, 1.54) is 0 Å². The van der Waals surface area contributed by atoms with Crippen LogP contribution in [0.25, 0.3) is 0 Å². The molecule has 0 fully saturated rings. The van der Waals surface area contributed by atoms with Gasteiger partial charge in [0.2, 0.25) is 5.91 Å². The molecule has 1 aromatic rings. The number of ketones is 1. The third-order valence-electron chi connectivity index (χ3n) is 3.72. The zero-order chi connectivity index (χ0) is 16.9. The Balaban J connectivity index is 2.81. The number of carboxylic acid groups (broad SMARTS) is 1. The molecule has 22 heavy (non-hydrogen) atoms. The minimum absolute atomic E-state index is 0.0971. The molecule has 1 aromatic carbocycles. The van der Waals surface area contributed by atoms with Crippen molar-refractivity contribution in [2.24, 2.45) is 5.92 Å². The fourth-order valence-corrected chi connectivity index (χ4v) is 2.10. The number of aliphatic carboxylic acids is 1. The Morgan fingerprint density at radius 3 is 2.23 bits per heavy atom. The number of hydrogen-bond donors (Lipinski definition) is 2. The van der Waals surface area contributed by atoms with Crippen molar-refractivity contribution in [1.82, 2.24) is 5.32 Å². The van der Waals surface area contributed by atoms with Crippen LogP contribution in [0, 0.1) is 5.92 Å². The van der Waals surface area contributed by atoms with E-state index in [9.17, 15) is 14.4 Å². The Morgan fingerprint density at radius 1 is 1.23 bits per heavy atom. The number of benzene rings is 1. The third kappa shape index (κ3) is 4.84. The van der Waals surface area contributed by atoms with Crippen LogP contribution in [0.15, 0.2) is 24.3 Å². The highest BCUT2D eigenvalue weighted by Gasteiger charge is 2.38. The molecular weight excluding hydrogens is 306 g/mol. The summed E-state index contributed by atoms with van der Waals surface area (Å²) in [4.78, 5) is 35.0. The molecule has 0 aliphatic rings. The predicted octanol–water partition coefficient (Wildman–Crippen LogP) is 2.46. The number of carboxylic acids is 1. The van der Waals surface area contributed by atoms with Gasteiger partial charge in [-0.3, -0.25) is 14.4 Å². The molecular formula is C16H20ClNO4. The molecule has 120 valence electrons. The van der Waals surface area contributed by atoms with Crippen LogP contribution in [0.1, 0.15) is 32.8 Å². The van der Waals surface area contributed by atoms with Gasteiger partial charge < -0.3 is 10.4 Å². The Morgan fingerprint density at radius 2 is 1.77 bits per heavy atom. The van der Waals surface area contributed by atoms with Crippen molar-refractivity contribution in [3.8, 4) is 0 Å². The second-order valence-corrected chi connectivity index (χ2v) is 6.14. The first kappa shape index (κ1) is 18.2. The molecule has 0 aliphatic heterocycles. The number of carbonyl (C=O) groups is 3. The van der Waals surface area contributed by atoms with E-state index in [0.29, 0.717) is 5.02 Å². The van der Waals surface area contributed by atoms with E-state index in [1.807, 2.05) is 0 Å². The fraction of sp³-hybridized carbons (Fsp3) is 0.438. The number of amides is 1. The van der Waals surface area contributed by atoms with Crippen molar-refractivity contribution >= 4 is 29.3 Å². The van der Waals surface area contributed by atoms with Crippen LogP contribution in [0.5, 0.6) is 0 Å². The lowest BCUT2D eigenvalue weighted by atomic mass is 9.82. The summed E-state index contributed by atoms with van der Waals surface area (Å²) in [6.07, 6.45) is -0.518. The predicted molar refractivity (Wildman–Crippen MR) is 83.8 cm³/mol. The topological polar surface area (TPSA) is 83.5 Å². The minimum Gasteiger partial charge on any atom is -0.481 e. The second kappa shape index (κ2) is 7.40. The number of hydrogen-bond acceptors (Lipinski definition) is 3. The van der Waals surface area contributed by atoms with Crippen molar-refractivity contribution in [3.05, 3.63) is 34.9 Å². The summed E-state index contributed by atoms with van der Waals surface area (Å²) in [5.41, 5.74) is -0.444. The van der Waals surface area contributed by atoms with E-state index < -0.39 is 23.7 Å². The lowest BCUT2D eigenvalue weighted by molar-refractivity contribution is -0.143. The molecule has 1 rings (SSSR count). The lowest BCUT2D eigenvalue weighted by Gasteiger charge is -2.33. The van der Waals surface area contributed by atoms with E-state index in [1.54, 1.807) is 45.0 Å². The summed E-state index contributed by atoms with van der Waals surface area (Å²) in [5, 5.41) is 12.0. The largest absolute Gasteiger partial charge is 0.481 e. The molecule has 2 N–H and O–H groups in total. The van der Waals surface area contributed by atoms with Gasteiger partial charge in [-0.1, -0.05) is 37.6 Å². The Kier molecular flexibility index (Phi) is 6.11. The van der Waals surface area contributed by atoms with Crippen molar-refractivity contribution in [2.45, 2.75) is 39.2 Å². The van der Waals surface area contributed by atoms with Gasteiger partial charge >= 0.3 is 5.97 Å². The molecule has 0 heterocycles. The van der Waals surface area contributed by atoms with Gasteiger partial charge in [0.15, 0.2) is 5.78 Å². The molecule has 1 atom stereocenters. The lowest BCUT2D eigenvalue weighted by Crippen LogP contribution is -2.56. The van der Waals surface area contributed by atoms with Crippen molar-refractivity contribution in [1.29, 1.82) is 0 Å². The molecule has 0 saturated heterocycles. The Bertz CT molecular complexity index is 568. The van der Waals surface area contributed by atoms with E-state index in [4.69, 9.17) is 16.7 Å². The van der Waals surface area contributed by atoms with E-state index in [2.05, 4.69) is 5.32 Å². The molecule has 0 bridgehead atoms. The molecule has 6 heteroatoms. The van der Waals surface area contributed by atoms with Crippen LogP contribution in [0.4, 0.5) is 0 Å². The maximum absolute atomic E-state index is 12.2. The second-order valence-electron chi connectivity index (χ2n) is 5.70. The Labute approximate surface area is 134 Å². The van der Waals surface area contributed by atoms with Crippen LogP contribution >= 0.6 is 11.6 Å². The third-order valence-corrected chi connectivity index (χ3v) is 3.97. The summed E-state index contributed by atoms with van der Waals surface area (Å²) in [6, 6.07) is 6.82. The maximum atomic E-state index is 12.2. The molecule has 0 saturated carbocycles. The number of Topliss-reactive ketones (excluding diaryl/α,β-unsaturated/α-hetero) is 1. The molecule has 0 spiro atoms. The van der Waals surface area contributed by atoms with Crippen LogP contribution < -0.4 is 5.32 Å². The number of carbonyl (C=O) groups excluding carboxylic acids is 2. The van der Waals surface area contributed by atoms with Crippen LogP contribution in [0.3, 0.4) is 0 Å². The first-order chi connectivity index (χ1) is 10.1. The van der Waals surface area contributed by atoms with Crippen LogP contribution in [0.2, 0.25) is 5.02 Å². The quantitative estimate of drug-likeness (QED) is 0.754. The standard InChI is InChI=1S/C16H20ClNO4/c1-10(2)16(3,13(19)9-15(21)22)18-14(20)8-11-4-6-12(17)7-5-11/h4-7,10H,8-9H2,1-3H3,(H,18,20)(H,21,22). The van der Waals surface area contributed by atoms with Gasteiger partial charge in [0.25, 0.3) is 0 Å². The fourth-order valence-electron chi connectivity index (χ4n) is 1.98. The highest BCUT2D eigenvalue weighted by Crippen LogP contribution is 2.20. The first-order valence-corrected chi connectivity index (χ1v) is 7.33. The van der Waals surface area contributed by atoms with Crippen molar-refractivity contribution in [3.63, 3.8) is 0 Å². The van der Waals surface area contributed by atoms with E-state index in [-0.39, 0.29) is 18.2 Å². The Hall–Kier alpha value is -1.88. The van der Waals surface area contributed by atoms with E-state index >= 15 is 0 Å². The summed E-state index contributed by atoms with van der Waals surface area (Å²) in [5.74, 6) is -2.28. The van der Waals surface area contributed by atoms with Gasteiger partial charge in [-0.05, 0) is 30.5 Å². The molecule has 1 unspecified atom stereocenters. The maximum Gasteiger partial charge on any atom is 0.310 e. The average molecular weight is 326 g/mol. The smallest absolute Gasteiger partial charge is 0.310 e. The van der Waals surface area contributed by atoms with Gasteiger partial charge in [-0.15, -0.1) is 0 Å². The van der Waals surface area contributed by atoms with Crippen LogP contribution in [-0.4, -0.2) is 28.3 Å². The number of nitrogens with one attached hydrogen (secondary N) is 1. The zero-order valence-corrected chi connectivity index (χ0v) is 13.6. The van der Waals surface area contributed by atoms with Gasteiger partial charge in [0.05, 0.1) is 12.0 Å². The molecule has 0 aliphatic carbocycles. The molecule has 1 amide bonds. The summed E-state index contributed by atoms with van der Waals surface area (Å²) < 4.78 is 0. The van der Waals surface area contributed by atoms with Gasteiger partial charge in [-0.2, -0.15) is 0 Å². The van der Waals surface area contributed by atoms with Crippen molar-refractivity contribution < 1.29 is 19.5 Å². The van der Waals surface area contributed by atoms with Gasteiger partial charge in [0, 0.05) is 5.02 Å². The zero-order valence-electron chi connectivity index (χ0n) is 12.9. The van der Waals surface area contributed by atoms with E-state index in [0.717, 1.165) is 5.56 Å². The average Bonchev–Trinajstić information content (AvgIpc) is 2.40. The molecule has 5 nitrogen and oxygen atoms in total.